The second-order valence-electron chi connectivity index (χ2n) is 3.43. The summed E-state index contributed by atoms with van der Waals surface area (Å²) in [5.41, 5.74) is 8.06. The lowest BCUT2D eigenvalue weighted by Gasteiger charge is -2.13. The van der Waals surface area contributed by atoms with Gasteiger partial charge in [0.15, 0.2) is 11.5 Å². The van der Waals surface area contributed by atoms with Crippen molar-refractivity contribution in [3.8, 4) is 22.6 Å². The van der Waals surface area contributed by atoms with E-state index in [9.17, 15) is 0 Å². The molecule has 0 bridgehead atoms. The van der Waals surface area contributed by atoms with Crippen molar-refractivity contribution in [3.05, 3.63) is 30.9 Å². The highest BCUT2D eigenvalue weighted by atomic mass is 16.5. The quantitative estimate of drug-likeness (QED) is 0.815. The number of benzene rings is 1. The van der Waals surface area contributed by atoms with Crippen LogP contribution in [0.25, 0.3) is 11.1 Å². The van der Waals surface area contributed by atoms with Crippen LogP contribution in [0.4, 0.5) is 5.69 Å². The average molecular weight is 231 g/mol. The molecule has 0 aliphatic rings. The van der Waals surface area contributed by atoms with Gasteiger partial charge < -0.3 is 15.2 Å². The number of aromatic nitrogens is 2. The summed E-state index contributed by atoms with van der Waals surface area (Å²) >= 11 is 0. The topological polar surface area (TPSA) is 70.3 Å². The number of nitrogens with two attached hydrogens (primary N) is 1. The van der Waals surface area contributed by atoms with Gasteiger partial charge in [0.1, 0.15) is 6.33 Å². The molecule has 0 unspecified atom stereocenters. The van der Waals surface area contributed by atoms with Crippen molar-refractivity contribution in [1.29, 1.82) is 0 Å². The van der Waals surface area contributed by atoms with Gasteiger partial charge in [-0.2, -0.15) is 0 Å². The molecule has 1 heterocycles. The maximum absolute atomic E-state index is 5.82. The van der Waals surface area contributed by atoms with E-state index in [2.05, 4.69) is 9.97 Å². The van der Waals surface area contributed by atoms with E-state index in [1.54, 1.807) is 38.7 Å². The third-order valence-electron chi connectivity index (χ3n) is 2.37. The van der Waals surface area contributed by atoms with Crippen LogP contribution in [0.15, 0.2) is 30.9 Å². The van der Waals surface area contributed by atoms with Gasteiger partial charge in [-0.25, -0.2) is 9.97 Å². The van der Waals surface area contributed by atoms with Crippen LogP contribution in [0.2, 0.25) is 0 Å². The molecule has 0 fully saturated rings. The van der Waals surface area contributed by atoms with E-state index in [-0.39, 0.29) is 0 Å². The zero-order valence-electron chi connectivity index (χ0n) is 9.68. The Bertz CT molecular complexity index is 515. The number of hydrogen-bond acceptors (Lipinski definition) is 5. The Morgan fingerprint density at radius 2 is 1.76 bits per heavy atom. The first-order valence-electron chi connectivity index (χ1n) is 5.03. The summed E-state index contributed by atoms with van der Waals surface area (Å²) < 4.78 is 10.6. The minimum atomic E-state index is 0.589. The number of methoxy groups -OCH3 is 2. The lowest BCUT2D eigenvalue weighted by atomic mass is 10.1. The number of ether oxygens (including phenoxy) is 2. The molecule has 17 heavy (non-hydrogen) atoms. The largest absolute Gasteiger partial charge is 0.493 e. The maximum Gasteiger partial charge on any atom is 0.168 e. The zero-order valence-corrected chi connectivity index (χ0v) is 9.68. The van der Waals surface area contributed by atoms with E-state index in [1.165, 1.54) is 6.33 Å². The molecule has 5 heteroatoms. The molecule has 0 amide bonds. The van der Waals surface area contributed by atoms with Crippen molar-refractivity contribution in [1.82, 2.24) is 9.97 Å². The van der Waals surface area contributed by atoms with Crippen molar-refractivity contribution in [2.75, 3.05) is 20.0 Å². The summed E-state index contributed by atoms with van der Waals surface area (Å²) in [5, 5.41) is 0. The summed E-state index contributed by atoms with van der Waals surface area (Å²) in [5.74, 6) is 1.21. The SMILES string of the molecule is COc1cc(N)cc(-c2cncnc2)c1OC. The van der Waals surface area contributed by atoms with E-state index in [0.29, 0.717) is 17.2 Å². The summed E-state index contributed by atoms with van der Waals surface area (Å²) in [6.45, 7) is 0. The van der Waals surface area contributed by atoms with Gasteiger partial charge in [-0.05, 0) is 6.07 Å². The van der Waals surface area contributed by atoms with Crippen LogP contribution < -0.4 is 15.2 Å². The number of nitrogen functional groups attached to an aromatic ring is 1. The van der Waals surface area contributed by atoms with E-state index in [1.807, 2.05) is 0 Å². The van der Waals surface area contributed by atoms with Crippen LogP contribution in [0, 0.1) is 0 Å². The highest BCUT2D eigenvalue weighted by Crippen LogP contribution is 2.39. The van der Waals surface area contributed by atoms with Gasteiger partial charge in [-0.3, -0.25) is 0 Å². The Hall–Kier alpha value is -2.30. The van der Waals surface area contributed by atoms with E-state index in [0.717, 1.165) is 11.1 Å². The molecule has 2 rings (SSSR count). The molecule has 2 N–H and O–H groups in total. The monoisotopic (exact) mass is 231 g/mol. The Balaban J connectivity index is 2.64. The minimum Gasteiger partial charge on any atom is -0.493 e. The average Bonchev–Trinajstić information content (AvgIpc) is 2.38. The lowest BCUT2D eigenvalue weighted by Crippen LogP contribution is -1.96. The smallest absolute Gasteiger partial charge is 0.168 e. The fourth-order valence-electron chi connectivity index (χ4n) is 1.64. The van der Waals surface area contributed by atoms with Crippen LogP contribution in [-0.2, 0) is 0 Å². The van der Waals surface area contributed by atoms with Crippen molar-refractivity contribution in [3.63, 3.8) is 0 Å². The molecule has 0 radical (unpaired) electrons. The Kier molecular flexibility index (Phi) is 3.09. The van der Waals surface area contributed by atoms with E-state index in [4.69, 9.17) is 15.2 Å². The van der Waals surface area contributed by atoms with Gasteiger partial charge >= 0.3 is 0 Å². The fraction of sp³-hybridized carbons (Fsp3) is 0.167. The second kappa shape index (κ2) is 4.69. The van der Waals surface area contributed by atoms with E-state index < -0.39 is 0 Å². The first kappa shape index (κ1) is 11.2. The molecule has 1 aromatic heterocycles. The molecule has 0 spiro atoms. The molecule has 0 saturated carbocycles. The summed E-state index contributed by atoms with van der Waals surface area (Å²) in [4.78, 5) is 7.95. The standard InChI is InChI=1S/C12H13N3O2/c1-16-11-4-9(13)3-10(12(11)17-2)8-5-14-7-15-6-8/h3-7H,13H2,1-2H3. The van der Waals surface area contributed by atoms with Gasteiger partial charge in [0.25, 0.3) is 0 Å². The lowest BCUT2D eigenvalue weighted by molar-refractivity contribution is 0.356. The van der Waals surface area contributed by atoms with Gasteiger partial charge in [0.05, 0.1) is 14.2 Å². The first-order chi connectivity index (χ1) is 8.26. The van der Waals surface area contributed by atoms with Crippen molar-refractivity contribution in [2.45, 2.75) is 0 Å². The van der Waals surface area contributed by atoms with Crippen LogP contribution in [-0.4, -0.2) is 24.2 Å². The predicted octanol–water partition coefficient (Wildman–Crippen LogP) is 1.74. The fourth-order valence-corrected chi connectivity index (χ4v) is 1.64. The molecule has 1 aromatic carbocycles. The Labute approximate surface area is 99.2 Å². The van der Waals surface area contributed by atoms with Crippen molar-refractivity contribution in [2.24, 2.45) is 0 Å². The number of hydrogen-bond donors (Lipinski definition) is 1. The Morgan fingerprint density at radius 3 is 2.35 bits per heavy atom. The second-order valence-corrected chi connectivity index (χ2v) is 3.43. The van der Waals surface area contributed by atoms with Crippen LogP contribution in [0.3, 0.4) is 0 Å². The van der Waals surface area contributed by atoms with E-state index >= 15 is 0 Å². The Morgan fingerprint density at radius 1 is 1.06 bits per heavy atom. The van der Waals surface area contributed by atoms with Gasteiger partial charge in [0, 0.05) is 35.3 Å². The summed E-state index contributed by atoms with van der Waals surface area (Å²) in [6, 6.07) is 3.52. The molecule has 88 valence electrons. The number of anilines is 1. The summed E-state index contributed by atoms with van der Waals surface area (Å²) in [6.07, 6.45) is 4.87. The van der Waals surface area contributed by atoms with Crippen LogP contribution >= 0.6 is 0 Å². The van der Waals surface area contributed by atoms with Crippen molar-refractivity contribution < 1.29 is 9.47 Å². The highest BCUT2D eigenvalue weighted by Gasteiger charge is 2.13. The summed E-state index contributed by atoms with van der Waals surface area (Å²) in [7, 11) is 3.16. The first-order valence-corrected chi connectivity index (χ1v) is 5.03. The zero-order chi connectivity index (χ0) is 12.3. The third-order valence-corrected chi connectivity index (χ3v) is 2.37. The van der Waals surface area contributed by atoms with Crippen molar-refractivity contribution >= 4 is 5.69 Å². The molecule has 0 aliphatic carbocycles. The molecule has 2 aromatic rings. The van der Waals surface area contributed by atoms with Crippen LogP contribution in [0.5, 0.6) is 11.5 Å². The third kappa shape index (κ3) is 2.13. The number of rotatable bonds is 3. The number of nitrogens with zero attached hydrogens (tertiary/aromatic N) is 2. The van der Waals surface area contributed by atoms with Gasteiger partial charge in [-0.1, -0.05) is 0 Å². The molecule has 0 aliphatic heterocycles. The predicted molar refractivity (Wildman–Crippen MR) is 65.0 cm³/mol. The molecule has 0 atom stereocenters. The molecular formula is C12H13N3O2. The van der Waals surface area contributed by atoms with Crippen LogP contribution in [0.1, 0.15) is 0 Å². The molecule has 0 saturated heterocycles. The van der Waals surface area contributed by atoms with Gasteiger partial charge in [0.2, 0.25) is 0 Å². The molecule has 5 nitrogen and oxygen atoms in total. The highest BCUT2D eigenvalue weighted by molar-refractivity contribution is 5.76. The van der Waals surface area contributed by atoms with Gasteiger partial charge in [-0.15, -0.1) is 0 Å². The molecular weight excluding hydrogens is 218 g/mol. The maximum atomic E-state index is 5.82. The minimum absolute atomic E-state index is 0.589. The normalized spacial score (nSPS) is 10.0.